The Labute approximate surface area is 164 Å². The number of guanidine groups is 1. The third kappa shape index (κ3) is 10.3. The maximum atomic E-state index is 12.0. The number of piperidine rings is 1. The molecule has 0 aromatic rings. The molecule has 0 radical (unpaired) electrons. The van der Waals surface area contributed by atoms with Crippen molar-refractivity contribution in [2.75, 3.05) is 39.3 Å². The molecule has 0 saturated carbocycles. The van der Waals surface area contributed by atoms with Crippen LogP contribution >= 0.6 is 24.0 Å². The van der Waals surface area contributed by atoms with Gasteiger partial charge in [0.15, 0.2) is 5.96 Å². The summed E-state index contributed by atoms with van der Waals surface area (Å²) in [6, 6.07) is 0. The zero-order valence-corrected chi connectivity index (χ0v) is 18.3. The average Bonchev–Trinajstić information content (AvgIpc) is 2.44. The number of halogens is 1. The zero-order valence-electron chi connectivity index (χ0n) is 15.9. The summed E-state index contributed by atoms with van der Waals surface area (Å²) >= 11 is 0. The lowest BCUT2D eigenvalue weighted by Crippen LogP contribution is -2.47. The third-order valence-corrected chi connectivity index (χ3v) is 3.78. The van der Waals surface area contributed by atoms with Crippen LogP contribution in [0.1, 0.15) is 47.5 Å². The highest BCUT2D eigenvalue weighted by atomic mass is 127. The molecular formula is C17H36IN5O. The van der Waals surface area contributed by atoms with Crippen molar-refractivity contribution in [3.63, 3.8) is 0 Å². The van der Waals surface area contributed by atoms with E-state index in [2.05, 4.69) is 39.7 Å². The number of rotatable bonds is 6. The fourth-order valence-electron chi connectivity index (χ4n) is 2.72. The van der Waals surface area contributed by atoms with E-state index in [9.17, 15) is 4.79 Å². The molecule has 0 unspecified atom stereocenters. The van der Waals surface area contributed by atoms with Crippen molar-refractivity contribution in [3.8, 4) is 0 Å². The van der Waals surface area contributed by atoms with Crippen molar-refractivity contribution in [2.45, 2.75) is 53.0 Å². The van der Waals surface area contributed by atoms with Gasteiger partial charge in [-0.15, -0.1) is 24.0 Å². The normalized spacial score (nSPS) is 16.0. The smallest absolute Gasteiger partial charge is 0.234 e. The molecule has 1 fully saturated rings. The molecule has 1 aliphatic rings. The number of amides is 1. The Morgan fingerprint density at radius 1 is 1.12 bits per heavy atom. The van der Waals surface area contributed by atoms with Gasteiger partial charge in [-0.05, 0) is 66.5 Å². The molecule has 0 spiro atoms. The Morgan fingerprint density at radius 3 is 2.12 bits per heavy atom. The maximum absolute atomic E-state index is 12.0. The number of nitrogens with zero attached hydrogens (tertiary/aromatic N) is 2. The summed E-state index contributed by atoms with van der Waals surface area (Å²) in [6.07, 6.45) is 2.22. The molecule has 0 bridgehead atoms. The number of likely N-dealkylation sites (tertiary alicyclic amines) is 1. The molecule has 0 atom stereocenters. The van der Waals surface area contributed by atoms with E-state index in [1.165, 1.54) is 0 Å². The first kappa shape index (κ1) is 23.4. The number of hydrogen-bond donors (Lipinski definition) is 3. The second-order valence-corrected chi connectivity index (χ2v) is 7.27. The van der Waals surface area contributed by atoms with E-state index in [1.807, 2.05) is 20.8 Å². The molecule has 142 valence electrons. The highest BCUT2D eigenvalue weighted by Gasteiger charge is 2.22. The minimum absolute atomic E-state index is 0. The molecule has 1 aliphatic heterocycles. The van der Waals surface area contributed by atoms with E-state index in [0.717, 1.165) is 51.5 Å². The van der Waals surface area contributed by atoms with E-state index < -0.39 is 0 Å². The summed E-state index contributed by atoms with van der Waals surface area (Å²) in [7, 11) is 0. The van der Waals surface area contributed by atoms with Crippen LogP contribution in [0.3, 0.4) is 0 Å². The van der Waals surface area contributed by atoms with Crippen molar-refractivity contribution in [1.29, 1.82) is 0 Å². The first-order chi connectivity index (χ1) is 10.8. The molecule has 0 aromatic heterocycles. The lowest BCUT2D eigenvalue weighted by molar-refractivity contribution is -0.124. The van der Waals surface area contributed by atoms with Gasteiger partial charge >= 0.3 is 0 Å². The minimum atomic E-state index is -0.154. The zero-order chi connectivity index (χ0) is 17.3. The Balaban J connectivity index is 0.00000529. The van der Waals surface area contributed by atoms with Gasteiger partial charge in [-0.3, -0.25) is 14.7 Å². The van der Waals surface area contributed by atoms with Gasteiger partial charge in [-0.1, -0.05) is 0 Å². The van der Waals surface area contributed by atoms with E-state index in [4.69, 9.17) is 0 Å². The monoisotopic (exact) mass is 453 g/mol. The van der Waals surface area contributed by atoms with Crippen LogP contribution in [-0.2, 0) is 4.79 Å². The molecule has 6 nitrogen and oxygen atoms in total. The Hall–Kier alpha value is -0.570. The molecule has 1 rings (SSSR count). The predicted octanol–water partition coefficient (Wildman–Crippen LogP) is 1.81. The predicted molar refractivity (Wildman–Crippen MR) is 112 cm³/mol. The minimum Gasteiger partial charge on any atom is -0.357 e. The van der Waals surface area contributed by atoms with Crippen LogP contribution in [-0.4, -0.2) is 61.6 Å². The van der Waals surface area contributed by atoms with E-state index >= 15 is 0 Å². The molecule has 1 saturated heterocycles. The lowest BCUT2D eigenvalue weighted by atomic mass is 9.97. The maximum Gasteiger partial charge on any atom is 0.234 e. The van der Waals surface area contributed by atoms with Gasteiger partial charge in [0.1, 0.15) is 0 Å². The average molecular weight is 453 g/mol. The second kappa shape index (κ2) is 11.9. The largest absolute Gasteiger partial charge is 0.357 e. The first-order valence-corrected chi connectivity index (χ1v) is 8.89. The topological polar surface area (TPSA) is 68.8 Å². The standard InChI is InChI=1S/C17H35N5O.HI/c1-6-18-16(19-7-2)20-12-14-8-10-22(11-9-14)13-15(23)21-17(3,4)5;/h14H,6-13H2,1-5H3,(H,21,23)(H2,18,19,20);1H. The van der Waals surface area contributed by atoms with Crippen LogP contribution in [0.5, 0.6) is 0 Å². The van der Waals surface area contributed by atoms with Gasteiger partial charge in [0.2, 0.25) is 5.91 Å². The van der Waals surface area contributed by atoms with Crippen LogP contribution < -0.4 is 16.0 Å². The third-order valence-electron chi connectivity index (χ3n) is 3.78. The number of hydrogen-bond acceptors (Lipinski definition) is 3. The number of carbonyl (C=O) groups excluding carboxylic acids is 1. The van der Waals surface area contributed by atoms with Crippen LogP contribution in [0, 0.1) is 5.92 Å². The van der Waals surface area contributed by atoms with Gasteiger partial charge in [0, 0.05) is 25.2 Å². The molecule has 3 N–H and O–H groups in total. The molecule has 1 heterocycles. The van der Waals surface area contributed by atoms with Crippen LogP contribution in [0.2, 0.25) is 0 Å². The molecule has 24 heavy (non-hydrogen) atoms. The summed E-state index contributed by atoms with van der Waals surface area (Å²) in [6.45, 7) is 15.3. The number of aliphatic imine (C=N–C) groups is 1. The molecular weight excluding hydrogens is 417 g/mol. The summed E-state index contributed by atoms with van der Waals surface area (Å²) in [4.78, 5) is 18.9. The quantitative estimate of drug-likeness (QED) is 0.326. The molecule has 0 aliphatic carbocycles. The molecule has 0 aromatic carbocycles. The summed E-state index contributed by atoms with van der Waals surface area (Å²) in [5.41, 5.74) is -0.154. The van der Waals surface area contributed by atoms with Gasteiger partial charge in [-0.2, -0.15) is 0 Å². The fourth-order valence-corrected chi connectivity index (χ4v) is 2.72. The van der Waals surface area contributed by atoms with Crippen LogP contribution in [0.25, 0.3) is 0 Å². The van der Waals surface area contributed by atoms with Gasteiger partial charge in [0.25, 0.3) is 0 Å². The highest BCUT2D eigenvalue weighted by molar-refractivity contribution is 14.0. The Bertz CT molecular complexity index is 379. The van der Waals surface area contributed by atoms with Crippen molar-refractivity contribution in [3.05, 3.63) is 0 Å². The van der Waals surface area contributed by atoms with Crippen LogP contribution in [0.4, 0.5) is 0 Å². The summed E-state index contributed by atoms with van der Waals surface area (Å²) < 4.78 is 0. The van der Waals surface area contributed by atoms with Crippen molar-refractivity contribution < 1.29 is 4.79 Å². The second-order valence-electron chi connectivity index (χ2n) is 7.27. The van der Waals surface area contributed by atoms with Crippen molar-refractivity contribution in [2.24, 2.45) is 10.9 Å². The Kier molecular flexibility index (Phi) is 11.6. The number of carbonyl (C=O) groups is 1. The lowest BCUT2D eigenvalue weighted by Gasteiger charge is -2.31. The van der Waals surface area contributed by atoms with Crippen molar-refractivity contribution >= 4 is 35.8 Å². The number of nitrogens with one attached hydrogen (secondary N) is 3. The van der Waals surface area contributed by atoms with Crippen molar-refractivity contribution in [1.82, 2.24) is 20.9 Å². The Morgan fingerprint density at radius 2 is 1.67 bits per heavy atom. The molecule has 1 amide bonds. The van der Waals surface area contributed by atoms with Gasteiger partial charge < -0.3 is 16.0 Å². The SMILES string of the molecule is CCNC(=NCC1CCN(CC(=O)NC(C)(C)C)CC1)NCC.I. The first-order valence-electron chi connectivity index (χ1n) is 8.89. The van der Waals surface area contributed by atoms with Gasteiger partial charge in [0.05, 0.1) is 6.54 Å². The van der Waals surface area contributed by atoms with Crippen LogP contribution in [0.15, 0.2) is 4.99 Å². The van der Waals surface area contributed by atoms with E-state index in [0.29, 0.717) is 12.5 Å². The summed E-state index contributed by atoms with van der Waals surface area (Å²) in [5, 5.41) is 9.54. The fraction of sp³-hybridized carbons (Fsp3) is 0.882. The highest BCUT2D eigenvalue weighted by Crippen LogP contribution is 2.17. The van der Waals surface area contributed by atoms with E-state index in [-0.39, 0.29) is 35.4 Å². The summed E-state index contributed by atoms with van der Waals surface area (Å²) in [5.74, 6) is 1.64. The molecule has 7 heteroatoms. The van der Waals surface area contributed by atoms with E-state index in [1.54, 1.807) is 0 Å². The van der Waals surface area contributed by atoms with Gasteiger partial charge in [-0.25, -0.2) is 0 Å².